The number of carbonyl (C=O) groups excluding carboxylic acids is 1. The lowest BCUT2D eigenvalue weighted by Gasteiger charge is -2.44. The number of ketones is 1. The highest BCUT2D eigenvalue weighted by Gasteiger charge is 2.45. The number of hydrogen-bond donors (Lipinski definition) is 2. The van der Waals surface area contributed by atoms with Gasteiger partial charge in [-0.3, -0.25) is 4.79 Å². The fourth-order valence-electron chi connectivity index (χ4n) is 2.08. The number of Topliss-reactive ketones (excluding diaryl/α,β-unsaturated/α-hetero) is 1. The minimum Gasteiger partial charge on any atom is -0.508 e. The molecule has 15 heavy (non-hydrogen) atoms. The van der Waals surface area contributed by atoms with Crippen LogP contribution >= 0.6 is 0 Å². The Morgan fingerprint density at radius 1 is 1.40 bits per heavy atom. The zero-order valence-electron chi connectivity index (χ0n) is 8.12. The first-order valence-corrected chi connectivity index (χ1v) is 4.95. The van der Waals surface area contributed by atoms with Crippen molar-refractivity contribution in [1.29, 1.82) is 0 Å². The second kappa shape index (κ2) is 2.73. The van der Waals surface area contributed by atoms with Gasteiger partial charge in [-0.15, -0.1) is 0 Å². The summed E-state index contributed by atoms with van der Waals surface area (Å²) in [6.45, 7) is 1.44. The third-order valence-electron chi connectivity index (χ3n) is 2.97. The van der Waals surface area contributed by atoms with E-state index in [1.165, 1.54) is 12.1 Å². The molecule has 1 aromatic rings. The Kier molecular flexibility index (Phi) is 1.59. The fourth-order valence-corrected chi connectivity index (χ4v) is 2.08. The number of carbonyl (C=O) groups is 1. The molecule has 0 aromatic heterocycles. The molecule has 0 saturated carbocycles. The molecular weight excluding hydrogens is 194 g/mol. The van der Waals surface area contributed by atoms with Gasteiger partial charge in [0.15, 0.2) is 5.78 Å². The molecule has 78 valence electrons. The molecule has 1 aromatic carbocycles. The number of ether oxygens (including phenoxy) is 1. The maximum absolute atomic E-state index is 11.8. The smallest absolute Gasteiger partial charge is 0.170 e. The minimum absolute atomic E-state index is 0.0497. The van der Waals surface area contributed by atoms with Gasteiger partial charge in [-0.1, -0.05) is 0 Å². The van der Waals surface area contributed by atoms with Crippen molar-refractivity contribution in [2.75, 3.05) is 13.1 Å². The summed E-state index contributed by atoms with van der Waals surface area (Å²) < 4.78 is 5.79. The minimum atomic E-state index is -0.332. The number of aromatic hydroxyl groups is 1. The van der Waals surface area contributed by atoms with Gasteiger partial charge in [0.25, 0.3) is 0 Å². The van der Waals surface area contributed by atoms with Crippen molar-refractivity contribution in [2.24, 2.45) is 0 Å². The van der Waals surface area contributed by atoms with Crippen molar-refractivity contribution in [3.8, 4) is 11.5 Å². The van der Waals surface area contributed by atoms with Gasteiger partial charge in [-0.25, -0.2) is 0 Å². The molecule has 0 bridgehead atoms. The molecule has 4 heteroatoms. The van der Waals surface area contributed by atoms with Gasteiger partial charge < -0.3 is 15.2 Å². The lowest BCUT2D eigenvalue weighted by atomic mass is 9.85. The summed E-state index contributed by atoms with van der Waals surface area (Å²) in [4.78, 5) is 11.8. The first-order chi connectivity index (χ1) is 7.19. The molecule has 3 rings (SSSR count). The van der Waals surface area contributed by atoms with E-state index in [0.717, 1.165) is 13.1 Å². The molecule has 0 radical (unpaired) electrons. The topological polar surface area (TPSA) is 58.6 Å². The molecule has 4 nitrogen and oxygen atoms in total. The Hall–Kier alpha value is -1.55. The van der Waals surface area contributed by atoms with Gasteiger partial charge in [0.1, 0.15) is 17.1 Å². The predicted octanol–water partition coefficient (Wildman–Crippen LogP) is 0.699. The molecule has 0 unspecified atom stereocenters. The fraction of sp³-hybridized carbons (Fsp3) is 0.364. The summed E-state index contributed by atoms with van der Waals surface area (Å²) in [5.74, 6) is 0.743. The molecule has 2 heterocycles. The van der Waals surface area contributed by atoms with Crippen LogP contribution in [0.1, 0.15) is 16.8 Å². The molecule has 1 fully saturated rings. The summed E-state index contributed by atoms with van der Waals surface area (Å²) in [6.07, 6.45) is 0.399. The number of phenols is 1. The summed E-state index contributed by atoms with van der Waals surface area (Å²) in [5, 5.41) is 12.4. The van der Waals surface area contributed by atoms with Crippen LogP contribution in [0.25, 0.3) is 0 Å². The van der Waals surface area contributed by atoms with Crippen LogP contribution in [0, 0.1) is 0 Å². The largest absolute Gasteiger partial charge is 0.508 e. The van der Waals surface area contributed by atoms with E-state index in [-0.39, 0.29) is 17.1 Å². The van der Waals surface area contributed by atoms with E-state index < -0.39 is 0 Å². The predicted molar refractivity (Wildman–Crippen MR) is 53.3 cm³/mol. The van der Waals surface area contributed by atoms with Crippen LogP contribution in [0.15, 0.2) is 18.2 Å². The molecule has 0 aliphatic carbocycles. The van der Waals surface area contributed by atoms with E-state index in [2.05, 4.69) is 5.32 Å². The monoisotopic (exact) mass is 205 g/mol. The van der Waals surface area contributed by atoms with Crippen molar-refractivity contribution in [3.05, 3.63) is 23.8 Å². The summed E-state index contributed by atoms with van der Waals surface area (Å²) >= 11 is 0. The van der Waals surface area contributed by atoms with Crippen molar-refractivity contribution >= 4 is 5.78 Å². The van der Waals surface area contributed by atoms with Crippen molar-refractivity contribution in [2.45, 2.75) is 12.0 Å². The van der Waals surface area contributed by atoms with Crippen molar-refractivity contribution in [1.82, 2.24) is 5.32 Å². The molecule has 1 saturated heterocycles. The molecule has 1 spiro atoms. The maximum atomic E-state index is 11.8. The highest BCUT2D eigenvalue weighted by Crippen LogP contribution is 2.36. The van der Waals surface area contributed by atoms with E-state index >= 15 is 0 Å². The summed E-state index contributed by atoms with van der Waals surface area (Å²) in [5.41, 5.74) is 0.161. The average molecular weight is 205 g/mol. The van der Waals surface area contributed by atoms with Crippen LogP contribution in [0.2, 0.25) is 0 Å². The van der Waals surface area contributed by atoms with Gasteiger partial charge in [0.2, 0.25) is 0 Å². The van der Waals surface area contributed by atoms with Crippen molar-refractivity contribution < 1.29 is 14.6 Å². The SMILES string of the molecule is O=C1CC2(CNC2)Oc2ccc(O)cc21. The number of benzene rings is 1. The van der Waals surface area contributed by atoms with Crippen LogP contribution in [0.4, 0.5) is 0 Å². The maximum Gasteiger partial charge on any atom is 0.170 e. The Morgan fingerprint density at radius 2 is 2.20 bits per heavy atom. The lowest BCUT2D eigenvalue weighted by molar-refractivity contribution is 0.00234. The van der Waals surface area contributed by atoms with Gasteiger partial charge in [-0.05, 0) is 18.2 Å². The van der Waals surface area contributed by atoms with Gasteiger partial charge in [0.05, 0.1) is 12.0 Å². The summed E-state index contributed by atoms with van der Waals surface area (Å²) in [6, 6.07) is 4.66. The molecule has 2 aliphatic rings. The third kappa shape index (κ3) is 1.22. The zero-order valence-corrected chi connectivity index (χ0v) is 8.12. The summed E-state index contributed by atoms with van der Waals surface area (Å²) in [7, 11) is 0. The van der Waals surface area contributed by atoms with Crippen molar-refractivity contribution in [3.63, 3.8) is 0 Å². The normalized spacial score (nSPS) is 21.7. The number of hydrogen-bond acceptors (Lipinski definition) is 4. The number of phenolic OH excluding ortho intramolecular Hbond substituents is 1. The molecule has 2 aliphatic heterocycles. The van der Waals surface area contributed by atoms with Crippen LogP contribution in [-0.2, 0) is 0 Å². The number of fused-ring (bicyclic) bond motifs is 1. The number of nitrogens with one attached hydrogen (secondary N) is 1. The number of rotatable bonds is 0. The quantitative estimate of drug-likeness (QED) is 0.654. The van der Waals surface area contributed by atoms with E-state index in [4.69, 9.17) is 4.74 Å². The second-order valence-electron chi connectivity index (χ2n) is 4.17. The molecule has 0 atom stereocenters. The van der Waals surface area contributed by atoms with E-state index in [1.807, 2.05) is 0 Å². The van der Waals surface area contributed by atoms with Gasteiger partial charge in [0, 0.05) is 13.1 Å². The highest BCUT2D eigenvalue weighted by atomic mass is 16.5. The van der Waals surface area contributed by atoms with E-state index in [0.29, 0.717) is 17.7 Å². The zero-order chi connectivity index (χ0) is 10.5. The van der Waals surface area contributed by atoms with Crippen LogP contribution in [-0.4, -0.2) is 29.6 Å². The van der Waals surface area contributed by atoms with E-state index in [1.54, 1.807) is 6.07 Å². The Balaban J connectivity index is 2.04. The van der Waals surface area contributed by atoms with Gasteiger partial charge in [-0.2, -0.15) is 0 Å². The Morgan fingerprint density at radius 3 is 2.87 bits per heavy atom. The van der Waals surface area contributed by atoms with Crippen LogP contribution in [0.5, 0.6) is 11.5 Å². The highest BCUT2D eigenvalue weighted by molar-refractivity contribution is 6.00. The van der Waals surface area contributed by atoms with Gasteiger partial charge >= 0.3 is 0 Å². The third-order valence-corrected chi connectivity index (χ3v) is 2.97. The van der Waals surface area contributed by atoms with Crippen LogP contribution < -0.4 is 10.1 Å². The Labute approximate surface area is 86.9 Å². The standard InChI is InChI=1S/C11H11NO3/c13-7-1-2-10-8(3-7)9(14)4-11(15-10)5-12-6-11/h1-3,12-13H,4-6H2. The lowest BCUT2D eigenvalue weighted by Crippen LogP contribution is -2.65. The molecule has 2 N–H and O–H groups in total. The second-order valence-corrected chi connectivity index (χ2v) is 4.17. The first-order valence-electron chi connectivity index (χ1n) is 4.95. The van der Waals surface area contributed by atoms with E-state index in [9.17, 15) is 9.90 Å². The Bertz CT molecular complexity index is 437. The molecule has 0 amide bonds. The average Bonchev–Trinajstić information content (AvgIpc) is 2.16. The van der Waals surface area contributed by atoms with Crippen LogP contribution in [0.3, 0.4) is 0 Å². The first kappa shape index (κ1) is 8.73. The molecular formula is C11H11NO3.